The van der Waals surface area contributed by atoms with E-state index in [-0.39, 0.29) is 5.54 Å². The summed E-state index contributed by atoms with van der Waals surface area (Å²) in [5, 5.41) is 4.72. The van der Waals surface area contributed by atoms with E-state index in [0.29, 0.717) is 5.92 Å². The molecule has 1 aromatic rings. The minimum atomic E-state index is 0.167. The maximum Gasteiger partial charge on any atom is 0.0982 e. The minimum Gasteiger partial charge on any atom is -0.381 e. The van der Waals surface area contributed by atoms with Crippen LogP contribution in [0.1, 0.15) is 43.0 Å². The largest absolute Gasteiger partial charge is 0.381 e. The Morgan fingerprint density at radius 3 is 3.00 bits per heavy atom. The van der Waals surface area contributed by atoms with Crippen LogP contribution in [0.3, 0.4) is 0 Å². The third-order valence-corrected chi connectivity index (χ3v) is 3.80. The van der Waals surface area contributed by atoms with Crippen molar-refractivity contribution in [1.29, 1.82) is 0 Å². The average molecular weight is 240 g/mol. The molecule has 1 atom stereocenters. The summed E-state index contributed by atoms with van der Waals surface area (Å²) in [6.07, 6.45) is 3.12. The predicted molar refractivity (Wildman–Crippen MR) is 66.9 cm³/mol. The minimum absolute atomic E-state index is 0.167. The molecule has 1 unspecified atom stereocenters. The number of thiazole rings is 1. The second-order valence-corrected chi connectivity index (χ2v) is 6.48. The molecule has 2 rings (SSSR count). The number of hydrogen-bond acceptors (Lipinski definition) is 4. The molecule has 0 aliphatic carbocycles. The molecular formula is C12H20N2OS. The third kappa shape index (κ3) is 3.27. The molecule has 1 saturated heterocycles. The normalized spacial score (nSPS) is 21.6. The van der Waals surface area contributed by atoms with Crippen molar-refractivity contribution in [3.63, 3.8) is 0 Å². The molecule has 1 aliphatic rings. The Hall–Kier alpha value is -0.450. The summed E-state index contributed by atoms with van der Waals surface area (Å²) in [6, 6.07) is 0. The molecular weight excluding hydrogens is 220 g/mol. The van der Waals surface area contributed by atoms with E-state index in [1.54, 1.807) is 0 Å². The van der Waals surface area contributed by atoms with Crippen molar-refractivity contribution in [3.05, 3.63) is 16.1 Å². The number of nitrogens with one attached hydrogen (secondary N) is 1. The van der Waals surface area contributed by atoms with Gasteiger partial charge in [0.25, 0.3) is 0 Å². The molecule has 16 heavy (non-hydrogen) atoms. The van der Waals surface area contributed by atoms with Crippen molar-refractivity contribution in [2.45, 2.75) is 45.2 Å². The van der Waals surface area contributed by atoms with Crippen LogP contribution in [0.5, 0.6) is 0 Å². The lowest BCUT2D eigenvalue weighted by Gasteiger charge is -2.19. The van der Waals surface area contributed by atoms with Crippen LogP contribution in [0.15, 0.2) is 6.20 Å². The fourth-order valence-corrected chi connectivity index (χ4v) is 2.65. The highest BCUT2D eigenvalue weighted by atomic mass is 32.1. The molecule has 0 spiro atoms. The van der Waals surface area contributed by atoms with Gasteiger partial charge in [-0.2, -0.15) is 0 Å². The van der Waals surface area contributed by atoms with Crippen LogP contribution in [0.2, 0.25) is 0 Å². The first-order valence-corrected chi connectivity index (χ1v) is 6.63. The van der Waals surface area contributed by atoms with Crippen LogP contribution in [0, 0.1) is 0 Å². The lowest BCUT2D eigenvalue weighted by Crippen LogP contribution is -2.34. The smallest absolute Gasteiger partial charge is 0.0982 e. The van der Waals surface area contributed by atoms with Crippen LogP contribution in [-0.2, 0) is 11.3 Å². The Labute approximate surface area is 101 Å². The highest BCUT2D eigenvalue weighted by molar-refractivity contribution is 7.11. The summed E-state index contributed by atoms with van der Waals surface area (Å²) >= 11 is 1.82. The molecule has 3 nitrogen and oxygen atoms in total. The van der Waals surface area contributed by atoms with Crippen molar-refractivity contribution in [3.8, 4) is 0 Å². The van der Waals surface area contributed by atoms with E-state index in [4.69, 9.17) is 4.74 Å². The molecule has 2 heterocycles. The molecule has 1 fully saturated rings. The zero-order chi connectivity index (χ0) is 11.6. The first-order valence-electron chi connectivity index (χ1n) is 5.82. The Balaban J connectivity index is 1.91. The predicted octanol–water partition coefficient (Wildman–Crippen LogP) is 2.54. The second-order valence-electron chi connectivity index (χ2n) is 5.33. The molecule has 0 radical (unpaired) electrons. The highest BCUT2D eigenvalue weighted by Gasteiger charge is 2.21. The molecule has 0 bridgehead atoms. The molecule has 0 saturated carbocycles. The third-order valence-electron chi connectivity index (χ3n) is 2.64. The van der Waals surface area contributed by atoms with Gasteiger partial charge in [-0.1, -0.05) is 0 Å². The van der Waals surface area contributed by atoms with Crippen molar-refractivity contribution in [2.75, 3.05) is 13.2 Å². The molecule has 1 aliphatic heterocycles. The van der Waals surface area contributed by atoms with Crippen LogP contribution in [0.25, 0.3) is 0 Å². The Bertz CT molecular complexity index is 337. The van der Waals surface area contributed by atoms with Gasteiger partial charge in [0.2, 0.25) is 0 Å². The summed E-state index contributed by atoms with van der Waals surface area (Å²) in [4.78, 5) is 5.81. The number of ether oxygens (including phenoxy) is 1. The van der Waals surface area contributed by atoms with Gasteiger partial charge in [0.05, 0.1) is 11.6 Å². The van der Waals surface area contributed by atoms with Gasteiger partial charge in [-0.15, -0.1) is 11.3 Å². The summed E-state index contributed by atoms with van der Waals surface area (Å²) < 4.78 is 5.39. The molecule has 0 aromatic carbocycles. The summed E-state index contributed by atoms with van der Waals surface area (Å²) in [5.41, 5.74) is 0.167. The van der Waals surface area contributed by atoms with Crippen LogP contribution in [0.4, 0.5) is 0 Å². The van der Waals surface area contributed by atoms with Gasteiger partial charge in [0.15, 0.2) is 0 Å². The lowest BCUT2D eigenvalue weighted by molar-refractivity contribution is 0.194. The van der Waals surface area contributed by atoms with Gasteiger partial charge in [0.1, 0.15) is 0 Å². The van der Waals surface area contributed by atoms with E-state index in [9.17, 15) is 0 Å². The van der Waals surface area contributed by atoms with Gasteiger partial charge in [0, 0.05) is 35.7 Å². The topological polar surface area (TPSA) is 34.2 Å². The van der Waals surface area contributed by atoms with E-state index in [0.717, 1.165) is 26.2 Å². The van der Waals surface area contributed by atoms with E-state index >= 15 is 0 Å². The van der Waals surface area contributed by atoms with Crippen molar-refractivity contribution in [1.82, 2.24) is 10.3 Å². The maximum absolute atomic E-state index is 5.39. The number of nitrogens with zero attached hydrogens (tertiary/aromatic N) is 1. The molecule has 0 amide bonds. The van der Waals surface area contributed by atoms with Gasteiger partial charge in [-0.25, -0.2) is 4.98 Å². The van der Waals surface area contributed by atoms with Gasteiger partial charge >= 0.3 is 0 Å². The number of hydrogen-bond donors (Lipinski definition) is 1. The van der Waals surface area contributed by atoms with Crippen molar-refractivity contribution in [2.24, 2.45) is 0 Å². The van der Waals surface area contributed by atoms with E-state index in [1.807, 2.05) is 17.5 Å². The number of aromatic nitrogens is 1. The van der Waals surface area contributed by atoms with E-state index < -0.39 is 0 Å². The van der Waals surface area contributed by atoms with E-state index in [1.165, 1.54) is 9.88 Å². The Morgan fingerprint density at radius 2 is 2.38 bits per heavy atom. The quantitative estimate of drug-likeness (QED) is 0.881. The lowest BCUT2D eigenvalue weighted by atomic mass is 10.1. The van der Waals surface area contributed by atoms with Crippen LogP contribution in [-0.4, -0.2) is 23.7 Å². The summed E-state index contributed by atoms with van der Waals surface area (Å²) in [7, 11) is 0. The first-order chi connectivity index (χ1) is 7.54. The fourth-order valence-electron chi connectivity index (χ4n) is 1.67. The van der Waals surface area contributed by atoms with Crippen LogP contribution >= 0.6 is 11.3 Å². The molecule has 1 N–H and O–H groups in total. The Morgan fingerprint density at radius 1 is 1.56 bits per heavy atom. The van der Waals surface area contributed by atoms with Crippen molar-refractivity contribution >= 4 is 11.3 Å². The average Bonchev–Trinajstić information content (AvgIpc) is 2.84. The van der Waals surface area contributed by atoms with Gasteiger partial charge in [-0.05, 0) is 27.2 Å². The molecule has 1 aromatic heterocycles. The maximum atomic E-state index is 5.39. The monoisotopic (exact) mass is 240 g/mol. The standard InChI is InChI=1S/C12H20N2OS/c1-12(2,3)14-7-10-6-13-11(16-10)9-4-5-15-8-9/h6,9,14H,4-5,7-8H2,1-3H3. The second kappa shape index (κ2) is 4.82. The summed E-state index contributed by atoms with van der Waals surface area (Å²) in [6.45, 7) is 9.19. The Kier molecular flexibility index (Phi) is 3.62. The molecule has 90 valence electrons. The molecule has 4 heteroatoms. The first kappa shape index (κ1) is 12.0. The summed E-state index contributed by atoms with van der Waals surface area (Å²) in [5.74, 6) is 0.536. The highest BCUT2D eigenvalue weighted by Crippen LogP contribution is 2.28. The van der Waals surface area contributed by atoms with Gasteiger partial charge in [-0.3, -0.25) is 0 Å². The zero-order valence-corrected chi connectivity index (χ0v) is 11.1. The fraction of sp³-hybridized carbons (Fsp3) is 0.750. The zero-order valence-electron chi connectivity index (χ0n) is 10.2. The van der Waals surface area contributed by atoms with Gasteiger partial charge < -0.3 is 10.1 Å². The number of rotatable bonds is 3. The SMILES string of the molecule is CC(C)(C)NCc1cnc(C2CCOC2)s1. The van der Waals surface area contributed by atoms with Crippen LogP contribution < -0.4 is 5.32 Å². The van der Waals surface area contributed by atoms with Crippen molar-refractivity contribution < 1.29 is 4.74 Å². The van der Waals surface area contributed by atoms with E-state index in [2.05, 4.69) is 31.1 Å².